The lowest BCUT2D eigenvalue weighted by molar-refractivity contribution is -0.109. The number of rotatable bonds is 1. The lowest BCUT2D eigenvalue weighted by Crippen LogP contribution is -1.82. The van der Waals surface area contributed by atoms with E-state index in [-0.39, 0.29) is 5.12 Å². The van der Waals surface area contributed by atoms with Gasteiger partial charge in [0, 0.05) is 24.9 Å². The van der Waals surface area contributed by atoms with Gasteiger partial charge in [-0.2, -0.15) is 0 Å². The fraction of sp³-hybridized carbons (Fsp3) is 0.200. The molecule has 0 aliphatic heterocycles. The van der Waals surface area contributed by atoms with Crippen molar-refractivity contribution in [1.82, 2.24) is 4.98 Å². The Kier molecular flexibility index (Phi) is 4.07. The second kappa shape index (κ2) is 5.39. The van der Waals surface area contributed by atoms with Gasteiger partial charge in [0.1, 0.15) is 0 Å². The summed E-state index contributed by atoms with van der Waals surface area (Å²) in [4.78, 5) is 14.4. The molecule has 0 N–H and O–H groups in total. The molecule has 0 atom stereocenters. The summed E-state index contributed by atoms with van der Waals surface area (Å²) in [7, 11) is 0. The van der Waals surface area contributed by atoms with Gasteiger partial charge in [-0.25, -0.2) is 0 Å². The maximum absolute atomic E-state index is 10.5. The minimum Gasteiger partial charge on any atom is -0.288 e. The maximum Gasteiger partial charge on any atom is 0.186 e. The van der Waals surface area contributed by atoms with Gasteiger partial charge in [-0.1, -0.05) is 23.6 Å². The summed E-state index contributed by atoms with van der Waals surface area (Å²) >= 11 is 1.22. The molecule has 3 heteroatoms. The number of carbonyl (C=O) groups is 1. The van der Waals surface area contributed by atoms with Crippen LogP contribution in [0.25, 0.3) is 0 Å². The molecule has 0 bridgehead atoms. The van der Waals surface area contributed by atoms with E-state index in [1.807, 2.05) is 12.1 Å². The molecule has 0 aliphatic rings. The predicted molar refractivity (Wildman–Crippen MR) is 54.3 cm³/mol. The summed E-state index contributed by atoms with van der Waals surface area (Å²) in [6, 6.07) is 3.68. The van der Waals surface area contributed by atoms with Crippen LogP contribution >= 0.6 is 11.8 Å². The van der Waals surface area contributed by atoms with Crippen molar-refractivity contribution in [3.05, 3.63) is 30.1 Å². The van der Waals surface area contributed by atoms with E-state index in [4.69, 9.17) is 0 Å². The van der Waals surface area contributed by atoms with Gasteiger partial charge in [0.2, 0.25) is 0 Å². The van der Waals surface area contributed by atoms with Crippen molar-refractivity contribution >= 4 is 16.9 Å². The summed E-state index contributed by atoms with van der Waals surface area (Å²) < 4.78 is 0. The van der Waals surface area contributed by atoms with Crippen LogP contribution in [0, 0.1) is 11.8 Å². The summed E-state index contributed by atoms with van der Waals surface area (Å²) in [6.07, 6.45) is 3.39. The molecular formula is C10H9NOS. The Morgan fingerprint density at radius 3 is 2.85 bits per heavy atom. The molecule has 1 aromatic rings. The van der Waals surface area contributed by atoms with Crippen LogP contribution in [0.5, 0.6) is 0 Å². The molecule has 1 heterocycles. The van der Waals surface area contributed by atoms with Crippen molar-refractivity contribution in [2.75, 3.05) is 5.75 Å². The molecule has 1 rings (SSSR count). The SMILES string of the molecule is CC(=O)SCC#Cc1ccncc1. The average Bonchev–Trinajstić information content (AvgIpc) is 2.14. The molecule has 0 amide bonds. The van der Waals surface area contributed by atoms with E-state index in [0.29, 0.717) is 5.75 Å². The van der Waals surface area contributed by atoms with Crippen LogP contribution in [0.3, 0.4) is 0 Å². The highest BCUT2D eigenvalue weighted by Crippen LogP contribution is 1.99. The molecule has 1 aromatic heterocycles. The third-order valence-corrected chi connectivity index (χ3v) is 1.96. The molecular weight excluding hydrogens is 182 g/mol. The average molecular weight is 191 g/mol. The Bertz CT molecular complexity index is 337. The van der Waals surface area contributed by atoms with Gasteiger partial charge >= 0.3 is 0 Å². The zero-order valence-electron chi connectivity index (χ0n) is 7.28. The van der Waals surface area contributed by atoms with Gasteiger partial charge in [0.05, 0.1) is 5.75 Å². The molecule has 0 fully saturated rings. The normalized spacial score (nSPS) is 8.69. The first kappa shape index (κ1) is 9.82. The summed E-state index contributed by atoms with van der Waals surface area (Å²) in [5.41, 5.74) is 0.930. The number of pyridine rings is 1. The molecule has 13 heavy (non-hydrogen) atoms. The Morgan fingerprint density at radius 1 is 1.54 bits per heavy atom. The molecule has 0 aliphatic carbocycles. The van der Waals surface area contributed by atoms with Crippen molar-refractivity contribution in [1.29, 1.82) is 0 Å². The standard InChI is InChI=1S/C10H9NOS/c1-9(12)13-8-2-3-10-4-6-11-7-5-10/h4-7H,8H2,1H3. The van der Waals surface area contributed by atoms with E-state index >= 15 is 0 Å². The zero-order valence-corrected chi connectivity index (χ0v) is 8.10. The summed E-state index contributed by atoms with van der Waals surface area (Å²) in [5, 5.41) is 0.101. The van der Waals surface area contributed by atoms with E-state index < -0.39 is 0 Å². The number of nitrogens with zero attached hydrogens (tertiary/aromatic N) is 1. The van der Waals surface area contributed by atoms with Crippen molar-refractivity contribution in [3.8, 4) is 11.8 Å². The lowest BCUT2D eigenvalue weighted by Gasteiger charge is -1.86. The van der Waals surface area contributed by atoms with Crippen molar-refractivity contribution < 1.29 is 4.79 Å². The lowest BCUT2D eigenvalue weighted by atomic mass is 10.3. The van der Waals surface area contributed by atoms with E-state index in [2.05, 4.69) is 16.8 Å². The first-order valence-electron chi connectivity index (χ1n) is 3.81. The van der Waals surface area contributed by atoms with E-state index in [9.17, 15) is 4.79 Å². The Labute approximate surface area is 81.8 Å². The van der Waals surface area contributed by atoms with E-state index in [1.54, 1.807) is 19.3 Å². The Morgan fingerprint density at radius 2 is 2.23 bits per heavy atom. The second-order valence-corrected chi connectivity index (χ2v) is 3.47. The summed E-state index contributed by atoms with van der Waals surface area (Å²) in [6.45, 7) is 1.54. The van der Waals surface area contributed by atoms with Crippen LogP contribution in [0.4, 0.5) is 0 Å². The zero-order chi connectivity index (χ0) is 9.52. The third-order valence-electron chi connectivity index (χ3n) is 1.26. The van der Waals surface area contributed by atoms with Crippen LogP contribution in [0.15, 0.2) is 24.5 Å². The molecule has 0 aromatic carbocycles. The number of carbonyl (C=O) groups excluding carboxylic acids is 1. The largest absolute Gasteiger partial charge is 0.288 e. The highest BCUT2D eigenvalue weighted by molar-refractivity contribution is 8.13. The molecule has 0 spiro atoms. The second-order valence-electron chi connectivity index (χ2n) is 2.32. The molecule has 0 unspecified atom stereocenters. The van der Waals surface area contributed by atoms with Crippen molar-refractivity contribution in [2.45, 2.75) is 6.92 Å². The van der Waals surface area contributed by atoms with Gasteiger partial charge < -0.3 is 0 Å². The first-order valence-corrected chi connectivity index (χ1v) is 4.80. The van der Waals surface area contributed by atoms with Crippen LogP contribution in [-0.2, 0) is 4.79 Å². The number of hydrogen-bond donors (Lipinski definition) is 0. The monoisotopic (exact) mass is 191 g/mol. The van der Waals surface area contributed by atoms with Gasteiger partial charge in [0.15, 0.2) is 5.12 Å². The van der Waals surface area contributed by atoms with Crippen LogP contribution in [-0.4, -0.2) is 15.9 Å². The highest BCUT2D eigenvalue weighted by atomic mass is 32.2. The highest BCUT2D eigenvalue weighted by Gasteiger charge is 1.88. The number of aromatic nitrogens is 1. The predicted octanol–water partition coefficient (Wildman–Crippen LogP) is 1.71. The Hall–Kier alpha value is -1.27. The van der Waals surface area contributed by atoms with Gasteiger partial charge in [-0.15, -0.1) is 0 Å². The van der Waals surface area contributed by atoms with Crippen LogP contribution in [0.2, 0.25) is 0 Å². The molecule has 2 nitrogen and oxygen atoms in total. The topological polar surface area (TPSA) is 30.0 Å². The van der Waals surface area contributed by atoms with Gasteiger partial charge in [0.25, 0.3) is 0 Å². The van der Waals surface area contributed by atoms with E-state index in [0.717, 1.165) is 5.56 Å². The van der Waals surface area contributed by atoms with Gasteiger partial charge in [-0.05, 0) is 12.1 Å². The van der Waals surface area contributed by atoms with Crippen LogP contribution < -0.4 is 0 Å². The first-order chi connectivity index (χ1) is 6.29. The maximum atomic E-state index is 10.5. The quantitative estimate of drug-likeness (QED) is 0.633. The van der Waals surface area contributed by atoms with Crippen molar-refractivity contribution in [2.24, 2.45) is 0 Å². The smallest absolute Gasteiger partial charge is 0.186 e. The fourth-order valence-corrected chi connectivity index (χ4v) is 1.06. The minimum absolute atomic E-state index is 0.101. The third kappa shape index (κ3) is 4.34. The molecule has 0 saturated carbocycles. The van der Waals surface area contributed by atoms with Crippen molar-refractivity contribution in [3.63, 3.8) is 0 Å². The van der Waals surface area contributed by atoms with E-state index in [1.165, 1.54) is 11.8 Å². The van der Waals surface area contributed by atoms with Gasteiger partial charge in [-0.3, -0.25) is 9.78 Å². The number of thioether (sulfide) groups is 1. The summed E-state index contributed by atoms with van der Waals surface area (Å²) in [5.74, 6) is 6.39. The fourth-order valence-electron chi connectivity index (χ4n) is 0.711. The van der Waals surface area contributed by atoms with Crippen LogP contribution in [0.1, 0.15) is 12.5 Å². The molecule has 0 radical (unpaired) electrons. The molecule has 66 valence electrons. The Balaban J connectivity index is 2.44. The minimum atomic E-state index is 0.101. The molecule has 0 saturated heterocycles. The number of hydrogen-bond acceptors (Lipinski definition) is 3.